The van der Waals surface area contributed by atoms with Gasteiger partial charge in [-0.2, -0.15) is 0 Å². The number of carboxylic acids is 1. The Balaban J connectivity index is 4.14. The summed E-state index contributed by atoms with van der Waals surface area (Å²) in [6.45, 7) is 4.60. The molecule has 0 rings (SSSR count). The Morgan fingerprint density at radius 1 is 0.392 bits per heavy atom. The van der Waals surface area contributed by atoms with Gasteiger partial charge in [0.2, 0.25) is 0 Å². The van der Waals surface area contributed by atoms with Gasteiger partial charge < -0.3 is 33.3 Å². The summed E-state index contributed by atoms with van der Waals surface area (Å²) in [5.41, 5.74) is 0. The number of allylic oxidation sites excluding steroid dienone is 14. The first-order valence-corrected chi connectivity index (χ1v) is 32.7. The average molecular weight is 1110 g/mol. The van der Waals surface area contributed by atoms with E-state index >= 15 is 0 Å². The second-order valence-corrected chi connectivity index (χ2v) is 23.0. The number of carboxylic acid groups (broad SMARTS) is 1. The van der Waals surface area contributed by atoms with Crippen molar-refractivity contribution in [3.05, 3.63) is 85.1 Å². The van der Waals surface area contributed by atoms with Gasteiger partial charge in [0.1, 0.15) is 13.2 Å². The molecule has 0 aromatic rings. The molecule has 2 atom stereocenters. The maximum Gasteiger partial charge on any atom is 0.306 e. The van der Waals surface area contributed by atoms with Gasteiger partial charge in [0.15, 0.2) is 12.4 Å². The molecule has 0 radical (unpaired) electrons. The summed E-state index contributed by atoms with van der Waals surface area (Å²) in [5.74, 6) is -2.34. The van der Waals surface area contributed by atoms with Crippen molar-refractivity contribution in [2.45, 2.75) is 296 Å². The maximum atomic E-state index is 12.9. The Kier molecular flexibility index (Phi) is 57.9. The molecule has 0 spiro atoms. The molecule has 0 aromatic heterocycles. The van der Waals surface area contributed by atoms with Crippen LogP contribution < -0.4 is 5.11 Å². The first-order chi connectivity index (χ1) is 38.6. The summed E-state index contributed by atoms with van der Waals surface area (Å²) in [7, 11) is 5.91. The summed E-state index contributed by atoms with van der Waals surface area (Å²) in [6, 6.07) is 0. The highest BCUT2D eigenvalue weighted by Gasteiger charge is 2.22. The lowest BCUT2D eigenvalue weighted by Crippen LogP contribution is -2.44. The van der Waals surface area contributed by atoms with Crippen molar-refractivity contribution >= 4 is 17.9 Å². The molecule has 9 heteroatoms. The third kappa shape index (κ3) is 61.9. The SMILES string of the molecule is CC/C=C\C/C=C\C/C=C\C/C=C\C/C=C\C/C=C\CCCCC(=O)OC(COC(=O)CCCCCCCCCCCCCCCCCCCCCCC/C=C\CCCCCCCCCC)COC(OCC[N+](C)(C)C)C(=O)[O-]. The van der Waals surface area contributed by atoms with Crippen molar-refractivity contribution in [1.82, 2.24) is 0 Å². The van der Waals surface area contributed by atoms with Crippen molar-refractivity contribution in [3.63, 3.8) is 0 Å². The molecular weight excluding hydrogens is 983 g/mol. The van der Waals surface area contributed by atoms with Gasteiger partial charge in [-0.3, -0.25) is 9.59 Å². The summed E-state index contributed by atoms with van der Waals surface area (Å²) in [5, 5.41) is 11.8. The summed E-state index contributed by atoms with van der Waals surface area (Å²) < 4.78 is 22.7. The number of nitrogens with zero attached hydrogens (tertiary/aromatic N) is 1. The third-order valence-corrected chi connectivity index (χ3v) is 14.1. The van der Waals surface area contributed by atoms with E-state index < -0.39 is 24.3 Å². The van der Waals surface area contributed by atoms with E-state index in [2.05, 4.69) is 98.9 Å². The predicted molar refractivity (Wildman–Crippen MR) is 334 cm³/mol. The average Bonchev–Trinajstić information content (AvgIpc) is 3.42. The second-order valence-electron chi connectivity index (χ2n) is 23.0. The zero-order chi connectivity index (χ0) is 57.6. The second kappa shape index (κ2) is 60.6. The zero-order valence-electron chi connectivity index (χ0n) is 52.0. The van der Waals surface area contributed by atoms with Crippen LogP contribution in [0.3, 0.4) is 0 Å². The monoisotopic (exact) mass is 1110 g/mol. The number of carbonyl (C=O) groups excluding carboxylic acids is 3. The van der Waals surface area contributed by atoms with Gasteiger partial charge in [0.25, 0.3) is 0 Å². The van der Waals surface area contributed by atoms with Crippen LogP contribution in [0.5, 0.6) is 0 Å². The number of esters is 2. The fraction of sp³-hybridized carbons (Fsp3) is 0.757. The topological polar surface area (TPSA) is 111 Å². The minimum atomic E-state index is -1.64. The number of carbonyl (C=O) groups is 3. The van der Waals surface area contributed by atoms with Crippen LogP contribution in [0.2, 0.25) is 0 Å². The van der Waals surface area contributed by atoms with Crippen LogP contribution in [0.4, 0.5) is 0 Å². The zero-order valence-corrected chi connectivity index (χ0v) is 52.0. The van der Waals surface area contributed by atoms with Crippen LogP contribution in [0.15, 0.2) is 85.1 Å². The molecule has 456 valence electrons. The van der Waals surface area contributed by atoms with Gasteiger partial charge in [0, 0.05) is 12.8 Å². The van der Waals surface area contributed by atoms with Gasteiger partial charge in [-0.25, -0.2) is 0 Å². The van der Waals surface area contributed by atoms with E-state index in [1.54, 1.807) is 0 Å². The number of unbranched alkanes of at least 4 members (excludes halogenated alkanes) is 31. The van der Waals surface area contributed by atoms with E-state index in [1.807, 2.05) is 21.1 Å². The number of hydrogen-bond acceptors (Lipinski definition) is 8. The lowest BCUT2D eigenvalue weighted by molar-refractivity contribution is -0.870. The highest BCUT2D eigenvalue weighted by atomic mass is 16.7. The molecule has 0 amide bonds. The molecule has 9 nitrogen and oxygen atoms in total. The van der Waals surface area contributed by atoms with Gasteiger partial charge in [-0.05, 0) is 89.9 Å². The number of ether oxygens (including phenoxy) is 4. The van der Waals surface area contributed by atoms with Crippen LogP contribution in [0.1, 0.15) is 284 Å². The van der Waals surface area contributed by atoms with Crippen molar-refractivity contribution in [3.8, 4) is 0 Å². The minimum absolute atomic E-state index is 0.136. The Labute approximate surface area is 487 Å². The van der Waals surface area contributed by atoms with Crippen molar-refractivity contribution < 1.29 is 42.9 Å². The molecular formula is C70H123NO8. The summed E-state index contributed by atoms with van der Waals surface area (Å²) in [6.07, 6.45) is 78.2. The van der Waals surface area contributed by atoms with E-state index in [0.29, 0.717) is 17.4 Å². The third-order valence-electron chi connectivity index (χ3n) is 14.1. The van der Waals surface area contributed by atoms with E-state index in [0.717, 1.165) is 70.6 Å². The van der Waals surface area contributed by atoms with Crippen LogP contribution >= 0.6 is 0 Å². The normalized spacial score (nSPS) is 13.3. The molecule has 0 fully saturated rings. The lowest BCUT2D eigenvalue weighted by atomic mass is 10.0. The highest BCUT2D eigenvalue weighted by molar-refractivity contribution is 5.70. The quantitative estimate of drug-likeness (QED) is 0.0195. The molecule has 0 aliphatic heterocycles. The molecule has 0 bridgehead atoms. The standard InChI is InChI=1S/C70H123NO8/c1-6-8-10-12-14-16-18-20-22-24-26-28-29-30-31-32-33-34-35-36-37-38-39-41-42-44-46-48-50-52-54-56-58-60-67(72)77-64-66(65-78-70(69(74)75)76-63-62-71(3,4)5)79-68(73)61-59-57-55-53-51-49-47-45-43-40-27-25-23-21-19-17-15-13-11-9-7-2/h9,11,15,17,21,23-24,26-27,40,45,47,51,53,66,70H,6-8,10,12-14,16,18-20,22,25,28-39,41-44,46,48-50,52,54-65H2,1-5H3/b11-9-,17-15-,23-21-,26-24-,40-27-,47-45-,53-51-. The Hall–Kier alpha value is -3.53. The highest BCUT2D eigenvalue weighted by Crippen LogP contribution is 2.17. The first kappa shape index (κ1) is 75.5. The molecule has 0 aliphatic carbocycles. The van der Waals surface area contributed by atoms with Gasteiger partial charge in [0.05, 0.1) is 40.3 Å². The van der Waals surface area contributed by atoms with E-state index in [4.69, 9.17) is 18.9 Å². The Morgan fingerprint density at radius 3 is 1.11 bits per heavy atom. The van der Waals surface area contributed by atoms with Crippen LogP contribution in [0, 0.1) is 0 Å². The Bertz CT molecular complexity index is 1570. The van der Waals surface area contributed by atoms with Crippen LogP contribution in [-0.2, 0) is 33.3 Å². The largest absolute Gasteiger partial charge is 0.545 e. The van der Waals surface area contributed by atoms with Gasteiger partial charge in [-0.1, -0.05) is 266 Å². The number of rotatable bonds is 60. The molecule has 0 saturated heterocycles. The molecule has 0 N–H and O–H groups in total. The molecule has 0 saturated carbocycles. The molecule has 0 heterocycles. The van der Waals surface area contributed by atoms with Gasteiger partial charge in [-0.15, -0.1) is 0 Å². The van der Waals surface area contributed by atoms with Gasteiger partial charge >= 0.3 is 11.9 Å². The summed E-state index contributed by atoms with van der Waals surface area (Å²) in [4.78, 5) is 37.4. The lowest BCUT2D eigenvalue weighted by Gasteiger charge is -2.26. The molecule has 0 aliphatic rings. The first-order valence-electron chi connectivity index (χ1n) is 32.7. The molecule has 2 unspecified atom stereocenters. The fourth-order valence-electron chi connectivity index (χ4n) is 9.12. The number of hydrogen-bond donors (Lipinski definition) is 0. The van der Waals surface area contributed by atoms with E-state index in [1.165, 1.54) is 180 Å². The smallest absolute Gasteiger partial charge is 0.306 e. The predicted octanol–water partition coefficient (Wildman–Crippen LogP) is 18.6. The van der Waals surface area contributed by atoms with Crippen LogP contribution in [-0.4, -0.2) is 82.3 Å². The molecule has 0 aromatic carbocycles. The number of aliphatic carboxylic acids is 1. The maximum absolute atomic E-state index is 12.9. The van der Waals surface area contributed by atoms with Crippen LogP contribution in [0.25, 0.3) is 0 Å². The van der Waals surface area contributed by atoms with Crippen molar-refractivity contribution in [1.29, 1.82) is 0 Å². The van der Waals surface area contributed by atoms with Crippen molar-refractivity contribution in [2.24, 2.45) is 0 Å². The number of quaternary nitrogens is 1. The van der Waals surface area contributed by atoms with E-state index in [-0.39, 0.29) is 38.6 Å². The van der Waals surface area contributed by atoms with Crippen molar-refractivity contribution in [2.75, 3.05) is 47.5 Å². The minimum Gasteiger partial charge on any atom is -0.545 e. The summed E-state index contributed by atoms with van der Waals surface area (Å²) >= 11 is 0. The van der Waals surface area contributed by atoms with E-state index in [9.17, 15) is 19.5 Å². The Morgan fingerprint density at radius 2 is 0.722 bits per heavy atom. The molecule has 79 heavy (non-hydrogen) atoms. The fourth-order valence-corrected chi connectivity index (χ4v) is 9.12. The number of likely N-dealkylation sites (N-methyl/N-ethyl adjacent to an activating group) is 1.